The van der Waals surface area contributed by atoms with Gasteiger partial charge in [0.05, 0.1) is 31.5 Å². The van der Waals surface area contributed by atoms with Gasteiger partial charge >= 0.3 is 0 Å². The summed E-state index contributed by atoms with van der Waals surface area (Å²) in [6.07, 6.45) is 5.17. The summed E-state index contributed by atoms with van der Waals surface area (Å²) in [6, 6.07) is 5.94. The third-order valence-corrected chi connectivity index (χ3v) is 5.00. The van der Waals surface area contributed by atoms with Crippen LogP contribution in [0.5, 0.6) is 5.75 Å². The number of methoxy groups -OCH3 is 2. The van der Waals surface area contributed by atoms with Crippen molar-refractivity contribution in [1.82, 2.24) is 19.9 Å². The van der Waals surface area contributed by atoms with Gasteiger partial charge in [0.1, 0.15) is 5.75 Å². The summed E-state index contributed by atoms with van der Waals surface area (Å²) < 4.78 is 16.3. The predicted octanol–water partition coefficient (Wildman–Crippen LogP) is 2.94. The smallest absolute Gasteiger partial charge is 0.233 e. The molecule has 0 spiro atoms. The molecule has 0 saturated carbocycles. The third kappa shape index (κ3) is 4.13. The van der Waals surface area contributed by atoms with Crippen LogP contribution in [0.1, 0.15) is 12.8 Å². The van der Waals surface area contributed by atoms with E-state index in [-0.39, 0.29) is 6.04 Å². The highest BCUT2D eigenvalue weighted by Crippen LogP contribution is 2.33. The molecular formula is C20H25N7O3. The summed E-state index contributed by atoms with van der Waals surface area (Å²) in [5, 5.41) is 6.26. The Kier molecular flexibility index (Phi) is 5.94. The molecule has 10 nitrogen and oxygen atoms in total. The van der Waals surface area contributed by atoms with Crippen molar-refractivity contribution >= 4 is 23.5 Å². The molecule has 3 aromatic rings. The van der Waals surface area contributed by atoms with Crippen LogP contribution in [0.4, 0.5) is 23.5 Å². The van der Waals surface area contributed by atoms with E-state index < -0.39 is 0 Å². The van der Waals surface area contributed by atoms with Crippen molar-refractivity contribution in [2.45, 2.75) is 18.9 Å². The maximum atomic E-state index is 5.52. The largest absolute Gasteiger partial charge is 0.496 e. The van der Waals surface area contributed by atoms with Crippen LogP contribution >= 0.6 is 0 Å². The number of hydrogen-bond donors (Lipinski definition) is 2. The highest BCUT2D eigenvalue weighted by Gasteiger charge is 2.27. The molecule has 0 radical (unpaired) electrons. The molecule has 30 heavy (non-hydrogen) atoms. The van der Waals surface area contributed by atoms with E-state index in [0.717, 1.165) is 30.6 Å². The summed E-state index contributed by atoms with van der Waals surface area (Å²) in [5.74, 6) is 2.86. The first-order valence-electron chi connectivity index (χ1n) is 9.75. The number of anilines is 4. The summed E-state index contributed by atoms with van der Waals surface area (Å²) in [6.45, 7) is 1.53. The first kappa shape index (κ1) is 19.9. The number of ether oxygens (including phenoxy) is 2. The standard InChI is InChI=1S/C20H25N7O3/c1-21-18-24-19(26-20(25-18)27-8-4-5-14(27)11-28-2)23-13-6-7-15(16(9-13)29-3)17-10-22-12-30-17/h6-7,9-10,12,14H,4-5,8,11H2,1-3H3,(H2,21,23,24,25,26)/t14-/m0/s1. The van der Waals surface area contributed by atoms with E-state index in [4.69, 9.17) is 13.9 Å². The van der Waals surface area contributed by atoms with E-state index in [2.05, 4.69) is 35.5 Å². The lowest BCUT2D eigenvalue weighted by molar-refractivity contribution is 0.180. The minimum Gasteiger partial charge on any atom is -0.496 e. The zero-order chi connectivity index (χ0) is 20.9. The molecule has 0 amide bonds. The van der Waals surface area contributed by atoms with Gasteiger partial charge in [0, 0.05) is 32.5 Å². The molecule has 1 aliphatic rings. The molecule has 1 saturated heterocycles. The minimum absolute atomic E-state index is 0.260. The van der Waals surface area contributed by atoms with E-state index in [1.807, 2.05) is 18.2 Å². The van der Waals surface area contributed by atoms with Crippen molar-refractivity contribution in [1.29, 1.82) is 0 Å². The van der Waals surface area contributed by atoms with Crippen molar-refractivity contribution in [2.24, 2.45) is 0 Å². The summed E-state index contributed by atoms with van der Waals surface area (Å²) >= 11 is 0. The van der Waals surface area contributed by atoms with Crippen LogP contribution in [0.15, 0.2) is 35.2 Å². The van der Waals surface area contributed by atoms with Gasteiger partial charge in [0.25, 0.3) is 0 Å². The fraction of sp³-hybridized carbons (Fsp3) is 0.400. The average Bonchev–Trinajstić information content (AvgIpc) is 3.46. The van der Waals surface area contributed by atoms with Crippen LogP contribution in [0, 0.1) is 0 Å². The van der Waals surface area contributed by atoms with Crippen molar-refractivity contribution in [3.63, 3.8) is 0 Å². The van der Waals surface area contributed by atoms with E-state index in [1.54, 1.807) is 27.5 Å². The van der Waals surface area contributed by atoms with Gasteiger partial charge in [-0.3, -0.25) is 0 Å². The zero-order valence-electron chi connectivity index (χ0n) is 17.3. The average molecular weight is 411 g/mol. The second kappa shape index (κ2) is 8.95. The topological polar surface area (TPSA) is 110 Å². The predicted molar refractivity (Wildman–Crippen MR) is 113 cm³/mol. The van der Waals surface area contributed by atoms with Crippen molar-refractivity contribution in [3.8, 4) is 17.1 Å². The molecule has 1 aromatic carbocycles. The summed E-state index contributed by atoms with van der Waals surface area (Å²) in [7, 11) is 5.11. The monoisotopic (exact) mass is 411 g/mol. The van der Waals surface area contributed by atoms with Gasteiger partial charge in [-0.1, -0.05) is 0 Å². The van der Waals surface area contributed by atoms with Gasteiger partial charge in [-0.05, 0) is 25.0 Å². The van der Waals surface area contributed by atoms with Gasteiger partial charge in [-0.25, -0.2) is 4.98 Å². The maximum Gasteiger partial charge on any atom is 0.233 e. The molecule has 1 atom stereocenters. The van der Waals surface area contributed by atoms with Crippen LogP contribution in [-0.4, -0.2) is 60.4 Å². The zero-order valence-corrected chi connectivity index (χ0v) is 17.3. The van der Waals surface area contributed by atoms with Gasteiger partial charge in [0.2, 0.25) is 17.8 Å². The number of hydrogen-bond acceptors (Lipinski definition) is 10. The number of rotatable bonds is 8. The molecule has 1 fully saturated rings. The lowest BCUT2D eigenvalue weighted by Gasteiger charge is -2.24. The minimum atomic E-state index is 0.260. The maximum absolute atomic E-state index is 5.52. The Balaban J connectivity index is 1.61. The molecule has 2 N–H and O–H groups in total. The Morgan fingerprint density at radius 3 is 2.80 bits per heavy atom. The van der Waals surface area contributed by atoms with E-state index in [9.17, 15) is 0 Å². The fourth-order valence-corrected chi connectivity index (χ4v) is 3.58. The highest BCUT2D eigenvalue weighted by molar-refractivity contribution is 5.71. The molecule has 158 valence electrons. The molecule has 0 aliphatic carbocycles. The Hall–Kier alpha value is -3.40. The van der Waals surface area contributed by atoms with Gasteiger partial charge in [-0.15, -0.1) is 0 Å². The van der Waals surface area contributed by atoms with Gasteiger partial charge < -0.3 is 29.4 Å². The molecule has 0 bridgehead atoms. The van der Waals surface area contributed by atoms with Crippen molar-refractivity contribution in [2.75, 3.05) is 50.0 Å². The summed E-state index contributed by atoms with van der Waals surface area (Å²) in [4.78, 5) is 19.8. The van der Waals surface area contributed by atoms with Gasteiger partial charge in [0.15, 0.2) is 12.2 Å². The quantitative estimate of drug-likeness (QED) is 0.574. The van der Waals surface area contributed by atoms with Gasteiger partial charge in [-0.2, -0.15) is 15.0 Å². The Morgan fingerprint density at radius 2 is 2.07 bits per heavy atom. The van der Waals surface area contributed by atoms with E-state index >= 15 is 0 Å². The molecular weight excluding hydrogens is 386 g/mol. The lowest BCUT2D eigenvalue weighted by Crippen LogP contribution is -2.34. The van der Waals surface area contributed by atoms with Crippen molar-refractivity contribution < 1.29 is 13.9 Å². The number of benzene rings is 1. The van der Waals surface area contributed by atoms with Crippen LogP contribution in [-0.2, 0) is 4.74 Å². The second-order valence-electron chi connectivity index (χ2n) is 6.88. The molecule has 2 aromatic heterocycles. The first-order valence-corrected chi connectivity index (χ1v) is 9.75. The summed E-state index contributed by atoms with van der Waals surface area (Å²) in [5.41, 5.74) is 1.59. The Morgan fingerprint density at radius 1 is 1.20 bits per heavy atom. The number of nitrogens with one attached hydrogen (secondary N) is 2. The van der Waals surface area contributed by atoms with Crippen LogP contribution in [0.25, 0.3) is 11.3 Å². The van der Waals surface area contributed by atoms with Crippen LogP contribution < -0.4 is 20.3 Å². The number of aromatic nitrogens is 4. The molecule has 0 unspecified atom stereocenters. The second-order valence-corrected chi connectivity index (χ2v) is 6.88. The molecule has 1 aliphatic heterocycles. The molecule has 10 heteroatoms. The fourth-order valence-electron chi connectivity index (χ4n) is 3.58. The van der Waals surface area contributed by atoms with E-state index in [1.165, 1.54) is 6.39 Å². The van der Waals surface area contributed by atoms with E-state index in [0.29, 0.717) is 36.0 Å². The Bertz CT molecular complexity index is 981. The molecule has 3 heterocycles. The van der Waals surface area contributed by atoms with Crippen molar-refractivity contribution in [3.05, 3.63) is 30.8 Å². The third-order valence-electron chi connectivity index (χ3n) is 5.00. The van der Waals surface area contributed by atoms with Crippen LogP contribution in [0.2, 0.25) is 0 Å². The highest BCUT2D eigenvalue weighted by atomic mass is 16.5. The molecule has 4 rings (SSSR count). The number of oxazole rings is 1. The first-order chi connectivity index (χ1) is 14.7. The SMILES string of the molecule is CNc1nc(Nc2ccc(-c3cnco3)c(OC)c2)nc(N2CCC[C@H]2COC)n1. The van der Waals surface area contributed by atoms with Crippen LogP contribution in [0.3, 0.4) is 0 Å². The Labute approximate surface area is 174 Å². The number of nitrogens with zero attached hydrogens (tertiary/aromatic N) is 5. The lowest BCUT2D eigenvalue weighted by atomic mass is 10.1. The normalized spacial score (nSPS) is 16.0.